The zero-order chi connectivity index (χ0) is 16.1. The van der Waals surface area contributed by atoms with Gasteiger partial charge in [0, 0.05) is 31.9 Å². The minimum Gasteiger partial charge on any atom is -0.356 e. The molecular formula is C16H20BrN3O2. The Morgan fingerprint density at radius 2 is 2.23 bits per heavy atom. The Kier molecular flexibility index (Phi) is 5.71. The van der Waals surface area contributed by atoms with E-state index in [4.69, 9.17) is 0 Å². The number of rotatable bonds is 6. The quantitative estimate of drug-likeness (QED) is 0.855. The highest BCUT2D eigenvalue weighted by Crippen LogP contribution is 2.18. The molecule has 0 aliphatic heterocycles. The van der Waals surface area contributed by atoms with Crippen molar-refractivity contribution in [1.29, 1.82) is 0 Å². The number of hydrogen-bond acceptors (Lipinski definition) is 3. The van der Waals surface area contributed by atoms with Crippen LogP contribution in [0.2, 0.25) is 0 Å². The summed E-state index contributed by atoms with van der Waals surface area (Å²) in [6, 6.07) is 3.48. The molecule has 0 unspecified atom stereocenters. The summed E-state index contributed by atoms with van der Waals surface area (Å²) in [5, 5.41) is 3.43. The molecule has 118 valence electrons. The summed E-state index contributed by atoms with van der Waals surface area (Å²) < 4.78 is 2.30. The summed E-state index contributed by atoms with van der Waals surface area (Å²) in [6.45, 7) is 5.27. The van der Waals surface area contributed by atoms with E-state index in [2.05, 4.69) is 40.1 Å². The number of aryl methyl sites for hydroxylation is 1. The lowest BCUT2D eigenvalue weighted by atomic mass is 10.1. The van der Waals surface area contributed by atoms with E-state index >= 15 is 0 Å². The molecule has 0 atom stereocenters. The van der Waals surface area contributed by atoms with Gasteiger partial charge in [-0.25, -0.2) is 0 Å². The molecule has 2 rings (SSSR count). The molecule has 0 radical (unpaired) electrons. The number of amides is 1. The fourth-order valence-corrected chi connectivity index (χ4v) is 2.72. The summed E-state index contributed by atoms with van der Waals surface area (Å²) in [5.74, 6) is 0.529. The minimum absolute atomic E-state index is 0.0324. The Labute approximate surface area is 137 Å². The third kappa shape index (κ3) is 4.16. The molecule has 0 aliphatic rings. The summed E-state index contributed by atoms with van der Waals surface area (Å²) >= 11 is 3.42. The van der Waals surface area contributed by atoms with Crippen LogP contribution in [0.1, 0.15) is 26.7 Å². The van der Waals surface area contributed by atoms with Crippen LogP contribution in [0.25, 0.3) is 10.9 Å². The third-order valence-corrected chi connectivity index (χ3v) is 4.00. The van der Waals surface area contributed by atoms with Crippen LogP contribution in [0.4, 0.5) is 0 Å². The molecule has 6 heteroatoms. The van der Waals surface area contributed by atoms with Gasteiger partial charge < -0.3 is 9.88 Å². The van der Waals surface area contributed by atoms with Crippen LogP contribution in [0, 0.1) is 5.92 Å². The fraction of sp³-hybridized carbons (Fsp3) is 0.438. The predicted molar refractivity (Wildman–Crippen MR) is 90.8 cm³/mol. The van der Waals surface area contributed by atoms with Crippen LogP contribution >= 0.6 is 15.9 Å². The average molecular weight is 366 g/mol. The molecule has 0 aliphatic carbocycles. The number of nitrogens with one attached hydrogen (secondary N) is 1. The predicted octanol–water partition coefficient (Wildman–Crippen LogP) is 2.71. The largest absolute Gasteiger partial charge is 0.356 e. The molecular weight excluding hydrogens is 346 g/mol. The maximum Gasteiger partial charge on any atom is 0.260 e. The molecule has 5 nitrogen and oxygen atoms in total. The molecule has 0 saturated carbocycles. The number of pyridine rings is 2. The molecule has 1 amide bonds. The normalized spacial score (nSPS) is 11.1. The van der Waals surface area contributed by atoms with Gasteiger partial charge in [-0.05, 0) is 40.4 Å². The van der Waals surface area contributed by atoms with Crippen molar-refractivity contribution in [2.75, 3.05) is 6.54 Å². The first-order valence-corrected chi connectivity index (χ1v) is 8.18. The first kappa shape index (κ1) is 16.7. The van der Waals surface area contributed by atoms with Crippen LogP contribution in [-0.2, 0) is 11.3 Å². The maximum absolute atomic E-state index is 12.4. The van der Waals surface area contributed by atoms with Crippen LogP contribution in [0.3, 0.4) is 0 Å². The Morgan fingerprint density at radius 3 is 2.95 bits per heavy atom. The molecule has 22 heavy (non-hydrogen) atoms. The Balaban J connectivity index is 2.05. The average Bonchev–Trinajstić information content (AvgIpc) is 2.49. The SMILES string of the molecule is CC(C)CCNC(=O)CCn1cc(Br)c2ncccc2c1=O. The van der Waals surface area contributed by atoms with Gasteiger partial charge in [0.1, 0.15) is 0 Å². The van der Waals surface area contributed by atoms with Crippen LogP contribution < -0.4 is 10.9 Å². The van der Waals surface area contributed by atoms with Crippen LogP contribution in [0.5, 0.6) is 0 Å². The number of fused-ring (bicyclic) bond motifs is 1. The molecule has 0 bridgehead atoms. The Hall–Kier alpha value is -1.69. The Morgan fingerprint density at radius 1 is 1.45 bits per heavy atom. The van der Waals surface area contributed by atoms with Crippen molar-refractivity contribution in [1.82, 2.24) is 14.9 Å². The van der Waals surface area contributed by atoms with Crippen molar-refractivity contribution in [2.24, 2.45) is 5.92 Å². The minimum atomic E-state index is -0.124. The fourth-order valence-electron chi connectivity index (χ4n) is 2.16. The van der Waals surface area contributed by atoms with E-state index in [-0.39, 0.29) is 17.9 Å². The number of aromatic nitrogens is 2. The van der Waals surface area contributed by atoms with Crippen molar-refractivity contribution in [3.63, 3.8) is 0 Å². The zero-order valence-corrected chi connectivity index (χ0v) is 14.4. The number of carbonyl (C=O) groups excluding carboxylic acids is 1. The molecule has 2 aromatic rings. The zero-order valence-electron chi connectivity index (χ0n) is 12.8. The maximum atomic E-state index is 12.4. The number of carbonyl (C=O) groups is 1. The molecule has 0 saturated heterocycles. The molecule has 0 spiro atoms. The van der Waals surface area contributed by atoms with Gasteiger partial charge in [-0.15, -0.1) is 0 Å². The number of halogens is 1. The van der Waals surface area contributed by atoms with Gasteiger partial charge in [-0.1, -0.05) is 13.8 Å². The summed E-state index contributed by atoms with van der Waals surface area (Å²) in [6.07, 6.45) is 4.59. The first-order chi connectivity index (χ1) is 10.5. The highest BCUT2D eigenvalue weighted by Gasteiger charge is 2.09. The van der Waals surface area contributed by atoms with Gasteiger partial charge in [-0.2, -0.15) is 0 Å². The van der Waals surface area contributed by atoms with Crippen LogP contribution in [0.15, 0.2) is 33.8 Å². The lowest BCUT2D eigenvalue weighted by Crippen LogP contribution is -2.28. The van der Waals surface area contributed by atoms with Gasteiger partial charge in [0.25, 0.3) is 5.56 Å². The topological polar surface area (TPSA) is 64.0 Å². The monoisotopic (exact) mass is 365 g/mol. The van der Waals surface area contributed by atoms with E-state index in [1.165, 1.54) is 0 Å². The first-order valence-electron chi connectivity index (χ1n) is 7.39. The summed E-state index contributed by atoms with van der Waals surface area (Å²) in [5.41, 5.74) is 0.520. The summed E-state index contributed by atoms with van der Waals surface area (Å²) in [7, 11) is 0. The lowest BCUT2D eigenvalue weighted by molar-refractivity contribution is -0.121. The van der Waals surface area contributed by atoms with Crippen molar-refractivity contribution < 1.29 is 4.79 Å². The summed E-state index contributed by atoms with van der Waals surface area (Å²) in [4.78, 5) is 28.4. The van der Waals surface area contributed by atoms with Gasteiger partial charge in [0.05, 0.1) is 15.4 Å². The third-order valence-electron chi connectivity index (χ3n) is 3.42. The van der Waals surface area contributed by atoms with Gasteiger partial charge in [0.2, 0.25) is 5.91 Å². The van der Waals surface area contributed by atoms with Gasteiger partial charge >= 0.3 is 0 Å². The molecule has 2 heterocycles. The van der Waals surface area contributed by atoms with Gasteiger partial charge in [-0.3, -0.25) is 14.6 Å². The molecule has 0 aromatic carbocycles. The van der Waals surface area contributed by atoms with Crippen molar-refractivity contribution >= 4 is 32.7 Å². The number of hydrogen-bond donors (Lipinski definition) is 1. The highest BCUT2D eigenvalue weighted by molar-refractivity contribution is 9.10. The standard InChI is InChI=1S/C16H20BrN3O2/c1-11(2)5-8-18-14(21)6-9-20-10-13(17)15-12(16(20)22)4-3-7-19-15/h3-4,7,10-11H,5-6,8-9H2,1-2H3,(H,18,21). The highest BCUT2D eigenvalue weighted by atomic mass is 79.9. The van der Waals surface area contributed by atoms with E-state index in [0.717, 1.165) is 10.9 Å². The van der Waals surface area contributed by atoms with E-state index in [9.17, 15) is 9.59 Å². The molecule has 1 N–H and O–H groups in total. The van der Waals surface area contributed by atoms with E-state index < -0.39 is 0 Å². The van der Waals surface area contributed by atoms with Crippen LogP contribution in [-0.4, -0.2) is 22.0 Å². The Bertz CT molecular complexity index is 725. The molecule has 2 aromatic heterocycles. The van der Waals surface area contributed by atoms with Crippen molar-refractivity contribution in [3.8, 4) is 0 Å². The number of nitrogens with zero attached hydrogens (tertiary/aromatic N) is 2. The van der Waals surface area contributed by atoms with Crippen molar-refractivity contribution in [2.45, 2.75) is 33.2 Å². The second-order valence-electron chi connectivity index (χ2n) is 5.66. The van der Waals surface area contributed by atoms with E-state index in [1.807, 2.05) is 0 Å². The second-order valence-corrected chi connectivity index (χ2v) is 6.51. The lowest BCUT2D eigenvalue weighted by Gasteiger charge is -2.10. The van der Waals surface area contributed by atoms with Crippen molar-refractivity contribution in [3.05, 3.63) is 39.4 Å². The second kappa shape index (κ2) is 7.54. The smallest absolute Gasteiger partial charge is 0.260 e. The van der Waals surface area contributed by atoms with E-state index in [0.29, 0.717) is 29.9 Å². The molecule has 0 fully saturated rings. The van der Waals surface area contributed by atoms with E-state index in [1.54, 1.807) is 29.1 Å². The van der Waals surface area contributed by atoms with Gasteiger partial charge in [0.15, 0.2) is 0 Å².